The number of carboxylic acid groups (broad SMARTS) is 4. The Hall–Kier alpha value is -3.56. The molecule has 0 bridgehead atoms. The fourth-order valence-corrected chi connectivity index (χ4v) is 4.21. The van der Waals surface area contributed by atoms with E-state index >= 15 is 0 Å². The molecule has 1 unspecified atom stereocenters. The molecule has 0 saturated heterocycles. The highest BCUT2D eigenvalue weighted by Crippen LogP contribution is 2.35. The molecule has 14 heteroatoms. The molecule has 14 nitrogen and oxygen atoms in total. The van der Waals surface area contributed by atoms with E-state index in [1.807, 2.05) is 0 Å². The molecule has 1 aromatic rings. The van der Waals surface area contributed by atoms with Crippen molar-refractivity contribution in [1.29, 1.82) is 0 Å². The van der Waals surface area contributed by atoms with Crippen LogP contribution < -0.4 is 9.84 Å². The SMILES string of the molecule is COc1ccc(CC2C3=C(CCCC3)CCN2C)cc1.O=C(O)[C@H](O)[C@@H](O)C(=O)O.O=C([O-])[C@H](O)[C@@H](O)C(=O)O. The molecule has 224 valence electrons. The van der Waals surface area contributed by atoms with E-state index in [1.165, 1.54) is 44.2 Å². The largest absolute Gasteiger partial charge is 0.547 e. The van der Waals surface area contributed by atoms with E-state index in [9.17, 15) is 24.3 Å². The average Bonchev–Trinajstić information content (AvgIpc) is 2.93. The Bertz CT molecular complexity index is 968. The lowest BCUT2D eigenvalue weighted by Gasteiger charge is -2.39. The number of aliphatic hydroxyl groups excluding tert-OH is 4. The maximum absolute atomic E-state index is 9.77. The molecule has 0 aromatic heterocycles. The summed E-state index contributed by atoms with van der Waals surface area (Å²) in [4.78, 5) is 41.5. The maximum Gasteiger partial charge on any atom is 0.335 e. The lowest BCUT2D eigenvalue weighted by molar-refractivity contribution is -0.318. The van der Waals surface area contributed by atoms with Crippen LogP contribution in [-0.2, 0) is 25.6 Å². The second-order valence-corrected chi connectivity index (χ2v) is 9.25. The molecular weight excluding hydrogens is 534 g/mol. The summed E-state index contributed by atoms with van der Waals surface area (Å²) >= 11 is 0. The van der Waals surface area contributed by atoms with Gasteiger partial charge in [0.25, 0.3) is 0 Å². The van der Waals surface area contributed by atoms with Gasteiger partial charge in [0, 0.05) is 12.6 Å². The van der Waals surface area contributed by atoms with Crippen molar-refractivity contribution >= 4 is 23.9 Å². The van der Waals surface area contributed by atoms with Crippen LogP contribution in [0.15, 0.2) is 35.4 Å². The molecule has 40 heavy (non-hydrogen) atoms. The highest BCUT2D eigenvalue weighted by atomic mass is 16.5. The molecule has 0 spiro atoms. The van der Waals surface area contributed by atoms with Crippen molar-refractivity contribution in [2.24, 2.45) is 0 Å². The minimum absolute atomic E-state index is 0.618. The average molecular weight is 571 g/mol. The smallest absolute Gasteiger partial charge is 0.335 e. The van der Waals surface area contributed by atoms with Crippen LogP contribution in [0.2, 0.25) is 0 Å². The zero-order valence-corrected chi connectivity index (χ0v) is 22.2. The van der Waals surface area contributed by atoms with Gasteiger partial charge in [0.2, 0.25) is 0 Å². The molecule has 7 N–H and O–H groups in total. The van der Waals surface area contributed by atoms with E-state index in [0.29, 0.717) is 6.04 Å². The van der Waals surface area contributed by atoms with Crippen LogP contribution in [-0.4, -0.2) is 116 Å². The van der Waals surface area contributed by atoms with Gasteiger partial charge >= 0.3 is 17.9 Å². The minimum atomic E-state index is -2.38. The first-order valence-electron chi connectivity index (χ1n) is 12.4. The second kappa shape index (κ2) is 16.5. The van der Waals surface area contributed by atoms with Crippen LogP contribution in [0, 0.1) is 0 Å². The number of benzene rings is 1. The van der Waals surface area contributed by atoms with E-state index in [0.717, 1.165) is 12.2 Å². The molecular formula is C26H36NO13-. The van der Waals surface area contributed by atoms with Crippen molar-refractivity contribution < 1.29 is 64.8 Å². The van der Waals surface area contributed by atoms with E-state index in [4.69, 9.17) is 40.5 Å². The molecule has 3 rings (SSSR count). The molecule has 0 fully saturated rings. The number of hydrogen-bond acceptors (Lipinski definition) is 11. The maximum atomic E-state index is 9.77. The van der Waals surface area contributed by atoms with Crippen molar-refractivity contribution in [3.05, 3.63) is 41.0 Å². The Kier molecular flexibility index (Phi) is 14.2. The third kappa shape index (κ3) is 10.5. The Morgan fingerprint density at radius 2 is 1.32 bits per heavy atom. The fourth-order valence-electron chi connectivity index (χ4n) is 4.21. The van der Waals surface area contributed by atoms with Crippen LogP contribution in [0.4, 0.5) is 0 Å². The molecule has 2 aliphatic rings. The van der Waals surface area contributed by atoms with Gasteiger partial charge in [0.15, 0.2) is 18.3 Å². The standard InChI is InChI=1S/C18H25NO.2C4H6O6/c1-19-12-11-15-5-3-4-6-17(15)18(19)13-14-7-9-16(20-2)10-8-14;2*5-1(3(7)8)2(6)4(9)10/h7-10,18H,3-6,11-13H2,1-2H3;2*1-2,5-6H,(H,7,8)(H,9,10)/p-1/t;2*1-,2-/m.11/s1. The number of nitrogens with zero attached hydrogens (tertiary/aromatic N) is 1. The normalized spacial score (nSPS) is 19.7. The summed E-state index contributed by atoms with van der Waals surface area (Å²) in [7, 11) is 4.01. The van der Waals surface area contributed by atoms with Crippen LogP contribution in [0.5, 0.6) is 5.75 Å². The van der Waals surface area contributed by atoms with Gasteiger partial charge in [0.05, 0.1) is 13.1 Å². The molecule has 0 saturated carbocycles. The zero-order chi connectivity index (χ0) is 30.6. The summed E-state index contributed by atoms with van der Waals surface area (Å²) in [6.45, 7) is 1.22. The van der Waals surface area contributed by atoms with Gasteiger partial charge in [-0.15, -0.1) is 0 Å². The van der Waals surface area contributed by atoms with Crippen molar-refractivity contribution in [3.63, 3.8) is 0 Å². The van der Waals surface area contributed by atoms with Gasteiger partial charge in [-0.1, -0.05) is 23.3 Å². The first-order valence-corrected chi connectivity index (χ1v) is 12.4. The molecule has 1 aromatic carbocycles. The van der Waals surface area contributed by atoms with Gasteiger partial charge < -0.3 is 50.4 Å². The third-order valence-electron chi connectivity index (χ3n) is 6.52. The van der Waals surface area contributed by atoms with Gasteiger partial charge in [-0.25, -0.2) is 14.4 Å². The topological polar surface area (TPSA) is 245 Å². The van der Waals surface area contributed by atoms with Crippen LogP contribution in [0.3, 0.4) is 0 Å². The predicted octanol–water partition coefficient (Wildman–Crippen LogP) is -1.77. The summed E-state index contributed by atoms with van der Waals surface area (Å²) in [5.41, 5.74) is 4.94. The summed E-state index contributed by atoms with van der Waals surface area (Å²) in [5.74, 6) is -6.42. The summed E-state index contributed by atoms with van der Waals surface area (Å²) in [6.07, 6.45) is -1.35. The summed E-state index contributed by atoms with van der Waals surface area (Å²) in [5, 5.41) is 66.7. The Morgan fingerprint density at radius 3 is 1.75 bits per heavy atom. The van der Waals surface area contributed by atoms with Crippen LogP contribution in [0.25, 0.3) is 0 Å². The number of aliphatic hydroxyl groups is 4. The van der Waals surface area contributed by atoms with E-state index in [-0.39, 0.29) is 0 Å². The van der Waals surface area contributed by atoms with Crippen LogP contribution >= 0.6 is 0 Å². The van der Waals surface area contributed by atoms with E-state index in [1.54, 1.807) is 18.3 Å². The summed E-state index contributed by atoms with van der Waals surface area (Å²) in [6, 6.07) is 9.20. The number of carbonyl (C=O) groups is 4. The highest BCUT2D eigenvalue weighted by Gasteiger charge is 2.30. The van der Waals surface area contributed by atoms with Gasteiger partial charge in [-0.2, -0.15) is 0 Å². The number of likely N-dealkylation sites (N-methyl/N-ethyl adjacent to an activating group) is 1. The number of methoxy groups -OCH3 is 1. The number of carboxylic acids is 4. The van der Waals surface area contributed by atoms with E-state index in [2.05, 4.69) is 36.2 Å². The fraction of sp³-hybridized carbons (Fsp3) is 0.538. The molecule has 0 amide bonds. The minimum Gasteiger partial charge on any atom is -0.547 e. The quantitative estimate of drug-likeness (QED) is 0.163. The molecule has 1 aliphatic heterocycles. The van der Waals surface area contributed by atoms with Gasteiger partial charge in [0.1, 0.15) is 11.9 Å². The monoisotopic (exact) mass is 570 g/mol. The lowest BCUT2D eigenvalue weighted by atomic mass is 9.81. The third-order valence-corrected chi connectivity index (χ3v) is 6.52. The van der Waals surface area contributed by atoms with Crippen molar-refractivity contribution in [1.82, 2.24) is 4.90 Å². The predicted molar refractivity (Wildman–Crippen MR) is 135 cm³/mol. The Morgan fingerprint density at radius 1 is 0.850 bits per heavy atom. The first-order chi connectivity index (χ1) is 18.7. The number of rotatable bonds is 9. The van der Waals surface area contributed by atoms with E-state index < -0.39 is 48.3 Å². The molecule has 0 radical (unpaired) electrons. The number of hydrogen-bond donors (Lipinski definition) is 7. The number of ether oxygens (including phenoxy) is 1. The van der Waals surface area contributed by atoms with Crippen molar-refractivity contribution in [3.8, 4) is 5.75 Å². The Balaban J connectivity index is 0.000000340. The molecule has 1 aliphatic carbocycles. The number of carbonyl (C=O) groups excluding carboxylic acids is 1. The Labute approximate surface area is 230 Å². The van der Waals surface area contributed by atoms with Crippen molar-refractivity contribution in [2.75, 3.05) is 20.7 Å². The second-order valence-electron chi connectivity index (χ2n) is 9.25. The lowest BCUT2D eigenvalue weighted by Crippen LogP contribution is -2.46. The zero-order valence-electron chi connectivity index (χ0n) is 22.2. The summed E-state index contributed by atoms with van der Waals surface area (Å²) < 4.78 is 5.25. The van der Waals surface area contributed by atoms with Crippen molar-refractivity contribution in [2.45, 2.75) is 69.0 Å². The molecule has 5 atom stereocenters. The highest BCUT2D eigenvalue weighted by molar-refractivity contribution is 5.83. The van der Waals surface area contributed by atoms with Gasteiger partial charge in [-0.3, -0.25) is 4.90 Å². The number of aliphatic carboxylic acids is 4. The molecule has 1 heterocycles. The first kappa shape index (κ1) is 34.5. The van der Waals surface area contributed by atoms with Crippen LogP contribution in [0.1, 0.15) is 37.7 Å². The van der Waals surface area contributed by atoms with Gasteiger partial charge in [-0.05, 0) is 63.3 Å².